The van der Waals surface area contributed by atoms with Gasteiger partial charge < -0.3 is 30.6 Å². The number of hydrogen-bond donors (Lipinski definition) is 4. The molecule has 0 aliphatic carbocycles. The standard InChI is InChI=1S/C24H29FN4O8S/c1-38-12-17(30)26-15-7-9-28(20(15)23(34)35)18(31)5-6-19(32)29-10-8-16(21(29)24(36)37)27-22(33)13-3-2-4-14(25)11-13/h2-4,11,15-16,20-21H,5-10,12H2,1H3,(H,26,30)(H,27,33)(H,34,35)(H,36,37). The lowest BCUT2D eigenvalue weighted by Crippen LogP contribution is -2.52. The van der Waals surface area contributed by atoms with Gasteiger partial charge >= 0.3 is 11.9 Å². The minimum absolute atomic E-state index is 0.00560. The van der Waals surface area contributed by atoms with Crippen molar-refractivity contribution in [2.75, 3.05) is 25.1 Å². The van der Waals surface area contributed by atoms with Crippen LogP contribution in [0.15, 0.2) is 24.3 Å². The number of amides is 4. The van der Waals surface area contributed by atoms with Crippen LogP contribution in [0.3, 0.4) is 0 Å². The molecule has 206 valence electrons. The third-order valence-corrected chi connectivity index (χ3v) is 7.07. The quantitative estimate of drug-likeness (QED) is 0.310. The minimum Gasteiger partial charge on any atom is -0.480 e. The van der Waals surface area contributed by atoms with Gasteiger partial charge in [-0.15, -0.1) is 0 Å². The molecule has 4 N–H and O–H groups in total. The molecular weight excluding hydrogens is 523 g/mol. The van der Waals surface area contributed by atoms with Crippen molar-refractivity contribution in [3.05, 3.63) is 35.6 Å². The number of carboxylic acid groups (broad SMARTS) is 2. The lowest BCUT2D eigenvalue weighted by molar-refractivity contribution is -0.151. The Morgan fingerprint density at radius 2 is 1.45 bits per heavy atom. The Labute approximate surface area is 221 Å². The number of hydrogen-bond acceptors (Lipinski definition) is 7. The smallest absolute Gasteiger partial charge is 0.328 e. The molecule has 3 rings (SSSR count). The fraction of sp³-hybridized carbons (Fsp3) is 0.500. The summed E-state index contributed by atoms with van der Waals surface area (Å²) in [5.74, 6) is -5.37. The van der Waals surface area contributed by atoms with Gasteiger partial charge in [0.2, 0.25) is 17.7 Å². The molecule has 1 aromatic carbocycles. The van der Waals surface area contributed by atoms with E-state index in [0.717, 1.165) is 21.9 Å². The van der Waals surface area contributed by atoms with Crippen LogP contribution in [0.1, 0.15) is 36.0 Å². The van der Waals surface area contributed by atoms with Crippen molar-refractivity contribution < 1.29 is 43.4 Å². The Bertz CT molecular complexity index is 1120. The lowest BCUT2D eigenvalue weighted by atomic mass is 10.1. The van der Waals surface area contributed by atoms with Crippen molar-refractivity contribution in [3.63, 3.8) is 0 Å². The van der Waals surface area contributed by atoms with Gasteiger partial charge in [-0.05, 0) is 37.3 Å². The molecule has 2 heterocycles. The first-order chi connectivity index (χ1) is 18.0. The van der Waals surface area contributed by atoms with Gasteiger partial charge in [0.05, 0.1) is 17.8 Å². The van der Waals surface area contributed by atoms with E-state index in [1.807, 2.05) is 0 Å². The zero-order chi connectivity index (χ0) is 28.0. The average molecular weight is 553 g/mol. The van der Waals surface area contributed by atoms with E-state index in [9.17, 15) is 43.4 Å². The first kappa shape index (κ1) is 28.9. The number of thioether (sulfide) groups is 1. The molecule has 2 aliphatic heterocycles. The third-order valence-electron chi connectivity index (χ3n) is 6.52. The second-order valence-corrected chi connectivity index (χ2v) is 9.88. The second-order valence-electron chi connectivity index (χ2n) is 9.02. The summed E-state index contributed by atoms with van der Waals surface area (Å²) in [6.07, 6.45) is 1.40. The Balaban J connectivity index is 1.60. The Kier molecular flexibility index (Phi) is 9.66. The fourth-order valence-electron chi connectivity index (χ4n) is 4.82. The molecule has 0 spiro atoms. The first-order valence-electron chi connectivity index (χ1n) is 11.9. The van der Waals surface area contributed by atoms with Crippen molar-refractivity contribution in [2.24, 2.45) is 0 Å². The molecule has 2 fully saturated rings. The maximum absolute atomic E-state index is 13.4. The molecule has 1 aromatic rings. The number of benzene rings is 1. The molecule has 4 atom stereocenters. The maximum atomic E-state index is 13.4. The van der Waals surface area contributed by atoms with Crippen molar-refractivity contribution in [3.8, 4) is 0 Å². The van der Waals surface area contributed by atoms with Gasteiger partial charge in [-0.25, -0.2) is 14.0 Å². The number of nitrogens with one attached hydrogen (secondary N) is 2. The number of likely N-dealkylation sites (tertiary alicyclic amines) is 2. The summed E-state index contributed by atoms with van der Waals surface area (Å²) in [4.78, 5) is 76.0. The monoisotopic (exact) mass is 552 g/mol. The van der Waals surface area contributed by atoms with Crippen molar-refractivity contribution >= 4 is 47.3 Å². The summed E-state index contributed by atoms with van der Waals surface area (Å²) >= 11 is 1.28. The van der Waals surface area contributed by atoms with Gasteiger partial charge in [0.1, 0.15) is 17.9 Å². The molecule has 12 nitrogen and oxygen atoms in total. The van der Waals surface area contributed by atoms with Crippen LogP contribution in [-0.4, -0.2) is 105 Å². The van der Waals surface area contributed by atoms with Crippen molar-refractivity contribution in [1.82, 2.24) is 20.4 Å². The van der Waals surface area contributed by atoms with Gasteiger partial charge in [-0.3, -0.25) is 19.2 Å². The van der Waals surface area contributed by atoms with E-state index >= 15 is 0 Å². The van der Waals surface area contributed by atoms with Gasteiger partial charge in [0.25, 0.3) is 5.91 Å². The van der Waals surface area contributed by atoms with Crippen LogP contribution >= 0.6 is 11.8 Å². The van der Waals surface area contributed by atoms with Crippen LogP contribution in [0, 0.1) is 5.82 Å². The topological polar surface area (TPSA) is 173 Å². The van der Waals surface area contributed by atoms with E-state index in [2.05, 4.69) is 10.6 Å². The highest BCUT2D eigenvalue weighted by molar-refractivity contribution is 7.99. The van der Waals surface area contributed by atoms with E-state index in [-0.39, 0.29) is 56.0 Å². The third kappa shape index (κ3) is 6.79. The van der Waals surface area contributed by atoms with Crippen LogP contribution in [0.25, 0.3) is 0 Å². The normalized spacial score (nSPS) is 22.7. The summed E-state index contributed by atoms with van der Waals surface area (Å²) in [7, 11) is 0. The van der Waals surface area contributed by atoms with Crippen LogP contribution in [0.2, 0.25) is 0 Å². The van der Waals surface area contributed by atoms with Crippen LogP contribution in [-0.2, 0) is 24.0 Å². The molecule has 2 aliphatic rings. The van der Waals surface area contributed by atoms with Crippen LogP contribution in [0.5, 0.6) is 0 Å². The highest BCUT2D eigenvalue weighted by Gasteiger charge is 2.44. The maximum Gasteiger partial charge on any atom is 0.328 e. The molecule has 4 unspecified atom stereocenters. The molecule has 14 heteroatoms. The number of nitrogens with zero attached hydrogens (tertiary/aromatic N) is 2. The van der Waals surface area contributed by atoms with E-state index < -0.39 is 59.6 Å². The summed E-state index contributed by atoms with van der Waals surface area (Å²) in [6, 6.07) is 0.545. The Hall–Kier alpha value is -3.68. The van der Waals surface area contributed by atoms with Gasteiger partial charge in [-0.1, -0.05) is 6.07 Å². The van der Waals surface area contributed by atoms with E-state index in [1.54, 1.807) is 6.26 Å². The zero-order valence-electron chi connectivity index (χ0n) is 20.6. The number of carbonyl (C=O) groups is 6. The van der Waals surface area contributed by atoms with E-state index in [4.69, 9.17) is 0 Å². The molecule has 2 saturated heterocycles. The van der Waals surface area contributed by atoms with Gasteiger partial charge in [-0.2, -0.15) is 11.8 Å². The van der Waals surface area contributed by atoms with Gasteiger partial charge in [0.15, 0.2) is 0 Å². The van der Waals surface area contributed by atoms with E-state index in [0.29, 0.717) is 0 Å². The highest BCUT2D eigenvalue weighted by Crippen LogP contribution is 2.23. The number of carboxylic acids is 2. The second kappa shape index (κ2) is 12.7. The SMILES string of the molecule is CSCC(=O)NC1CCN(C(=O)CCC(=O)N2CCC(NC(=O)c3cccc(F)c3)C2C(=O)O)C1C(=O)O. The highest BCUT2D eigenvalue weighted by atomic mass is 32.2. The fourth-order valence-corrected chi connectivity index (χ4v) is 5.16. The molecule has 0 radical (unpaired) electrons. The number of carbonyl (C=O) groups excluding carboxylic acids is 4. The number of halogens is 1. The molecule has 38 heavy (non-hydrogen) atoms. The Morgan fingerprint density at radius 3 is 1.92 bits per heavy atom. The van der Waals surface area contributed by atoms with E-state index in [1.165, 1.54) is 23.9 Å². The largest absolute Gasteiger partial charge is 0.480 e. The summed E-state index contributed by atoms with van der Waals surface area (Å²) in [6.45, 7) is 0.104. The lowest BCUT2D eigenvalue weighted by Gasteiger charge is -2.27. The molecular formula is C24H29FN4O8S. The first-order valence-corrected chi connectivity index (χ1v) is 13.3. The summed E-state index contributed by atoms with van der Waals surface area (Å²) in [5.41, 5.74) is 0.00560. The number of rotatable bonds is 10. The minimum atomic E-state index is -1.38. The predicted octanol–water partition coefficient (Wildman–Crippen LogP) is -0.0769. The molecule has 0 saturated carbocycles. The van der Waals surface area contributed by atoms with Crippen LogP contribution in [0.4, 0.5) is 4.39 Å². The van der Waals surface area contributed by atoms with Crippen molar-refractivity contribution in [2.45, 2.75) is 49.9 Å². The zero-order valence-corrected chi connectivity index (χ0v) is 21.4. The Morgan fingerprint density at radius 1 is 0.921 bits per heavy atom. The number of aliphatic carboxylic acids is 2. The predicted molar refractivity (Wildman–Crippen MR) is 133 cm³/mol. The molecule has 0 aromatic heterocycles. The average Bonchev–Trinajstić information content (AvgIpc) is 3.47. The van der Waals surface area contributed by atoms with Crippen LogP contribution < -0.4 is 10.6 Å². The molecule has 4 amide bonds. The van der Waals surface area contributed by atoms with Crippen molar-refractivity contribution in [1.29, 1.82) is 0 Å². The summed E-state index contributed by atoms with van der Waals surface area (Å²) < 4.78 is 13.4. The molecule has 0 bridgehead atoms. The van der Waals surface area contributed by atoms with Gasteiger partial charge in [0, 0.05) is 31.5 Å². The summed E-state index contributed by atoms with van der Waals surface area (Å²) in [5, 5.41) is 24.5.